The van der Waals surface area contributed by atoms with Crippen LogP contribution in [-0.2, 0) is 6.42 Å². The molecule has 0 atom stereocenters. The molecule has 0 bridgehead atoms. The quantitative estimate of drug-likeness (QED) is 0.590. The fraction of sp³-hybridized carbons (Fsp3) is 0.235. The zero-order chi connectivity index (χ0) is 15.9. The number of aryl methyl sites for hydroxylation is 1. The van der Waals surface area contributed by atoms with Gasteiger partial charge < -0.3 is 5.11 Å². The van der Waals surface area contributed by atoms with Crippen molar-refractivity contribution in [1.29, 1.82) is 0 Å². The standard InChI is InChI=1S/C17H17ClO4/c1-2-3-7-12-8-6-11-15(16(12)17(19)20)22-21-14-10-5-4-9-13(14)18/h4-6,8-11H,2-3,7H2,1H3,(H,19,20). The van der Waals surface area contributed by atoms with Gasteiger partial charge >= 0.3 is 5.97 Å². The zero-order valence-corrected chi connectivity index (χ0v) is 13.0. The highest BCUT2D eigenvalue weighted by Crippen LogP contribution is 2.27. The van der Waals surface area contributed by atoms with Crippen molar-refractivity contribution in [2.24, 2.45) is 0 Å². The van der Waals surface area contributed by atoms with Crippen LogP contribution in [0.2, 0.25) is 5.02 Å². The number of hydrogen-bond donors (Lipinski definition) is 1. The number of aromatic carboxylic acids is 1. The molecule has 0 saturated heterocycles. The minimum Gasteiger partial charge on any atom is -0.478 e. The Morgan fingerprint density at radius 2 is 1.77 bits per heavy atom. The van der Waals surface area contributed by atoms with Crippen LogP contribution < -0.4 is 9.78 Å². The van der Waals surface area contributed by atoms with Gasteiger partial charge in [-0.2, -0.15) is 0 Å². The van der Waals surface area contributed by atoms with E-state index in [4.69, 9.17) is 21.4 Å². The second kappa shape index (κ2) is 7.71. The normalized spacial score (nSPS) is 10.3. The minimum absolute atomic E-state index is 0.128. The fourth-order valence-corrected chi connectivity index (χ4v) is 2.23. The second-order valence-electron chi connectivity index (χ2n) is 4.80. The molecule has 22 heavy (non-hydrogen) atoms. The molecule has 2 aromatic rings. The van der Waals surface area contributed by atoms with E-state index in [0.717, 1.165) is 18.4 Å². The van der Waals surface area contributed by atoms with E-state index in [9.17, 15) is 9.90 Å². The fourth-order valence-electron chi connectivity index (χ4n) is 2.07. The van der Waals surface area contributed by atoms with Crippen molar-refractivity contribution in [2.75, 3.05) is 0 Å². The summed E-state index contributed by atoms with van der Waals surface area (Å²) in [5.74, 6) is -0.537. The van der Waals surface area contributed by atoms with Crippen LogP contribution in [0.3, 0.4) is 0 Å². The number of halogens is 1. The molecule has 1 N–H and O–H groups in total. The summed E-state index contributed by atoms with van der Waals surface area (Å²) in [6.07, 6.45) is 2.58. The molecule has 0 aromatic heterocycles. The molecule has 116 valence electrons. The topological polar surface area (TPSA) is 55.8 Å². The summed E-state index contributed by atoms with van der Waals surface area (Å²) in [6, 6.07) is 11.9. The van der Waals surface area contributed by atoms with E-state index in [0.29, 0.717) is 17.2 Å². The minimum atomic E-state index is -1.04. The molecule has 0 aliphatic carbocycles. The van der Waals surface area contributed by atoms with E-state index in [1.807, 2.05) is 0 Å². The van der Waals surface area contributed by atoms with Gasteiger partial charge in [-0.3, -0.25) is 9.78 Å². The molecule has 0 unspecified atom stereocenters. The van der Waals surface area contributed by atoms with Gasteiger partial charge in [0, 0.05) is 0 Å². The van der Waals surface area contributed by atoms with Crippen molar-refractivity contribution in [3.05, 3.63) is 58.6 Å². The summed E-state index contributed by atoms with van der Waals surface area (Å²) >= 11 is 5.97. The molecule has 0 aliphatic heterocycles. The smallest absolute Gasteiger partial charge is 0.339 e. The summed E-state index contributed by atoms with van der Waals surface area (Å²) in [5, 5.41) is 9.83. The number of carboxylic acids is 1. The van der Waals surface area contributed by atoms with Gasteiger partial charge in [-0.05, 0) is 36.6 Å². The lowest BCUT2D eigenvalue weighted by atomic mass is 10.0. The van der Waals surface area contributed by atoms with Gasteiger partial charge in [0.15, 0.2) is 11.5 Å². The average molecular weight is 321 g/mol. The Labute approximate surface area is 134 Å². The Bertz CT molecular complexity index is 655. The maximum Gasteiger partial charge on any atom is 0.339 e. The highest BCUT2D eigenvalue weighted by Gasteiger charge is 2.18. The Balaban J connectivity index is 2.23. The van der Waals surface area contributed by atoms with E-state index in [1.165, 1.54) is 0 Å². The summed E-state index contributed by atoms with van der Waals surface area (Å²) in [4.78, 5) is 21.9. The molecule has 0 heterocycles. The van der Waals surface area contributed by atoms with E-state index in [-0.39, 0.29) is 11.3 Å². The van der Waals surface area contributed by atoms with Gasteiger partial charge in [0.25, 0.3) is 0 Å². The van der Waals surface area contributed by atoms with Gasteiger partial charge in [0.1, 0.15) is 5.56 Å². The first kappa shape index (κ1) is 16.2. The van der Waals surface area contributed by atoms with Crippen LogP contribution >= 0.6 is 11.6 Å². The number of hydrogen-bond acceptors (Lipinski definition) is 3. The number of unbranched alkanes of at least 4 members (excludes halogenated alkanes) is 1. The molecule has 0 aliphatic rings. The molecule has 2 aromatic carbocycles. The maximum absolute atomic E-state index is 11.5. The van der Waals surface area contributed by atoms with Gasteiger partial charge in [-0.15, -0.1) is 0 Å². The van der Waals surface area contributed by atoms with Gasteiger partial charge in [-0.1, -0.05) is 49.2 Å². The van der Waals surface area contributed by atoms with Crippen LogP contribution in [0.4, 0.5) is 0 Å². The Morgan fingerprint density at radius 3 is 2.45 bits per heavy atom. The molecule has 0 radical (unpaired) electrons. The zero-order valence-electron chi connectivity index (χ0n) is 12.2. The maximum atomic E-state index is 11.5. The van der Waals surface area contributed by atoms with Gasteiger partial charge in [-0.25, -0.2) is 4.79 Å². The van der Waals surface area contributed by atoms with Crippen LogP contribution in [0.1, 0.15) is 35.7 Å². The SMILES string of the molecule is CCCCc1cccc(OOc2ccccc2Cl)c1C(=O)O. The molecule has 2 rings (SSSR count). The van der Waals surface area contributed by atoms with Crippen LogP contribution in [0, 0.1) is 0 Å². The largest absolute Gasteiger partial charge is 0.478 e. The number of carbonyl (C=O) groups is 1. The van der Waals surface area contributed by atoms with Crippen molar-refractivity contribution in [1.82, 2.24) is 0 Å². The average Bonchev–Trinajstić information content (AvgIpc) is 2.51. The molecule has 0 spiro atoms. The number of benzene rings is 2. The predicted molar refractivity (Wildman–Crippen MR) is 84.7 cm³/mol. The summed E-state index contributed by atoms with van der Waals surface area (Å²) in [7, 11) is 0. The molecule has 0 fully saturated rings. The van der Waals surface area contributed by atoms with E-state index in [2.05, 4.69) is 6.92 Å². The van der Waals surface area contributed by atoms with Gasteiger partial charge in [0.05, 0.1) is 5.02 Å². The molecule has 0 saturated carbocycles. The first-order chi connectivity index (χ1) is 10.6. The lowest BCUT2D eigenvalue weighted by molar-refractivity contribution is -0.100. The Hall–Kier alpha value is -2.20. The Kier molecular flexibility index (Phi) is 5.67. The monoisotopic (exact) mass is 320 g/mol. The van der Waals surface area contributed by atoms with Crippen molar-refractivity contribution in [2.45, 2.75) is 26.2 Å². The third-order valence-electron chi connectivity index (χ3n) is 3.18. The van der Waals surface area contributed by atoms with Crippen LogP contribution in [0.25, 0.3) is 0 Å². The third kappa shape index (κ3) is 3.92. The van der Waals surface area contributed by atoms with E-state index in [1.54, 1.807) is 42.5 Å². The molecule has 4 nitrogen and oxygen atoms in total. The number of para-hydroxylation sites is 1. The third-order valence-corrected chi connectivity index (χ3v) is 3.50. The summed E-state index contributed by atoms with van der Waals surface area (Å²) in [6.45, 7) is 2.06. The van der Waals surface area contributed by atoms with Crippen molar-refractivity contribution in [3.63, 3.8) is 0 Å². The van der Waals surface area contributed by atoms with Crippen LogP contribution in [-0.4, -0.2) is 11.1 Å². The highest BCUT2D eigenvalue weighted by atomic mass is 35.5. The predicted octanol–water partition coefficient (Wildman–Crippen LogP) is 4.75. The first-order valence-electron chi connectivity index (χ1n) is 7.07. The van der Waals surface area contributed by atoms with Gasteiger partial charge in [0.2, 0.25) is 0 Å². The molecular formula is C17H17ClO4. The number of carboxylic acid groups (broad SMARTS) is 1. The second-order valence-corrected chi connectivity index (χ2v) is 5.20. The van der Waals surface area contributed by atoms with Crippen LogP contribution in [0.5, 0.6) is 11.5 Å². The Morgan fingerprint density at radius 1 is 1.09 bits per heavy atom. The van der Waals surface area contributed by atoms with Crippen molar-refractivity contribution < 1.29 is 19.7 Å². The lowest BCUT2D eigenvalue weighted by Gasteiger charge is -2.12. The lowest BCUT2D eigenvalue weighted by Crippen LogP contribution is -2.09. The summed E-state index contributed by atoms with van der Waals surface area (Å²) < 4.78 is 0. The van der Waals surface area contributed by atoms with Crippen molar-refractivity contribution in [3.8, 4) is 11.5 Å². The highest BCUT2D eigenvalue weighted by molar-refractivity contribution is 6.32. The first-order valence-corrected chi connectivity index (χ1v) is 7.45. The van der Waals surface area contributed by atoms with Crippen molar-refractivity contribution >= 4 is 17.6 Å². The van der Waals surface area contributed by atoms with E-state index >= 15 is 0 Å². The molecular weight excluding hydrogens is 304 g/mol. The molecule has 0 amide bonds. The van der Waals surface area contributed by atoms with Crippen LogP contribution in [0.15, 0.2) is 42.5 Å². The number of rotatable bonds is 7. The summed E-state index contributed by atoms with van der Waals surface area (Å²) in [5.41, 5.74) is 0.859. The molecule has 5 heteroatoms. The van der Waals surface area contributed by atoms with E-state index < -0.39 is 5.97 Å².